The number of aromatic hydroxyl groups is 1. The maximum Gasteiger partial charge on any atom is 0.163 e. The molecule has 0 amide bonds. The Bertz CT molecular complexity index is 336. The molecule has 0 aromatic heterocycles. The second-order valence-electron chi connectivity index (χ2n) is 2.34. The summed E-state index contributed by atoms with van der Waals surface area (Å²) in [4.78, 5) is 11.0. The van der Waals surface area contributed by atoms with E-state index in [0.29, 0.717) is 9.13 Å². The third-order valence-electron chi connectivity index (χ3n) is 1.41. The van der Waals surface area contributed by atoms with E-state index in [-0.39, 0.29) is 11.5 Å². The molecule has 0 fully saturated rings. The molecule has 1 aromatic carbocycles. The zero-order valence-electron chi connectivity index (χ0n) is 6.27. The average molecular weight is 341 g/mol. The minimum Gasteiger partial charge on any atom is -0.506 e. The van der Waals surface area contributed by atoms with Crippen LogP contribution in [0.15, 0.2) is 16.6 Å². The molecule has 2 nitrogen and oxygen atoms in total. The predicted octanol–water partition coefficient (Wildman–Crippen LogP) is 2.96. The second kappa shape index (κ2) is 3.74. The van der Waals surface area contributed by atoms with Crippen LogP contribution in [0, 0.1) is 3.57 Å². The van der Waals surface area contributed by atoms with E-state index in [1.807, 2.05) is 22.6 Å². The van der Waals surface area contributed by atoms with Gasteiger partial charge in [-0.05, 0) is 41.6 Å². The molecule has 0 aliphatic heterocycles. The van der Waals surface area contributed by atoms with Crippen LogP contribution in [0.1, 0.15) is 17.3 Å². The van der Waals surface area contributed by atoms with Crippen molar-refractivity contribution in [2.45, 2.75) is 6.92 Å². The molecule has 0 aliphatic carbocycles. The smallest absolute Gasteiger partial charge is 0.163 e. The molecule has 1 N–H and O–H groups in total. The van der Waals surface area contributed by atoms with Gasteiger partial charge < -0.3 is 5.11 Å². The van der Waals surface area contributed by atoms with Gasteiger partial charge in [-0.15, -0.1) is 0 Å². The summed E-state index contributed by atoms with van der Waals surface area (Å²) in [6.45, 7) is 1.43. The highest BCUT2D eigenvalue weighted by atomic mass is 127. The molecule has 64 valence electrons. The number of hydrogen-bond acceptors (Lipinski definition) is 2. The summed E-state index contributed by atoms with van der Waals surface area (Å²) in [7, 11) is 0. The van der Waals surface area contributed by atoms with Gasteiger partial charge in [0, 0.05) is 4.47 Å². The van der Waals surface area contributed by atoms with Gasteiger partial charge in [-0.25, -0.2) is 0 Å². The van der Waals surface area contributed by atoms with Crippen LogP contribution < -0.4 is 0 Å². The molecule has 0 aliphatic rings. The number of carbonyl (C=O) groups excluding carboxylic acids is 1. The van der Waals surface area contributed by atoms with E-state index in [0.717, 1.165) is 4.47 Å². The Labute approximate surface area is 92.2 Å². The maximum absolute atomic E-state index is 11.0. The molecule has 1 aromatic rings. The third-order valence-corrected chi connectivity index (χ3v) is 2.69. The van der Waals surface area contributed by atoms with Gasteiger partial charge in [-0.2, -0.15) is 0 Å². The third kappa shape index (κ3) is 1.98. The van der Waals surface area contributed by atoms with E-state index in [1.54, 1.807) is 12.1 Å². The van der Waals surface area contributed by atoms with Gasteiger partial charge in [-0.3, -0.25) is 4.79 Å². The Balaban J connectivity index is 3.37. The van der Waals surface area contributed by atoms with E-state index < -0.39 is 0 Å². The standard InChI is InChI=1S/C8H6BrIO2/c1-4(11)6-2-5(9)3-7(10)8(6)12/h2-3,12H,1H3. The summed E-state index contributed by atoms with van der Waals surface area (Å²) >= 11 is 5.22. The molecule has 0 saturated carbocycles. The molecule has 1 rings (SSSR count). The predicted molar refractivity (Wildman–Crippen MR) is 58.5 cm³/mol. The van der Waals surface area contributed by atoms with Crippen molar-refractivity contribution in [2.75, 3.05) is 0 Å². The van der Waals surface area contributed by atoms with Gasteiger partial charge in [-0.1, -0.05) is 15.9 Å². The minimum absolute atomic E-state index is 0.0614. The summed E-state index contributed by atoms with van der Waals surface area (Å²) in [5.74, 6) is -0.0713. The lowest BCUT2D eigenvalue weighted by Crippen LogP contribution is -1.94. The summed E-state index contributed by atoms with van der Waals surface area (Å²) in [6, 6.07) is 3.36. The normalized spacial score (nSPS) is 9.92. The van der Waals surface area contributed by atoms with Crippen LogP contribution in [0.3, 0.4) is 0 Å². The Morgan fingerprint density at radius 1 is 1.58 bits per heavy atom. The fourth-order valence-electron chi connectivity index (χ4n) is 0.834. The van der Waals surface area contributed by atoms with Crippen LogP contribution in [0.4, 0.5) is 0 Å². The summed E-state index contributed by atoms with van der Waals surface area (Å²) in [5, 5.41) is 9.44. The number of halogens is 2. The minimum atomic E-state index is -0.133. The zero-order valence-corrected chi connectivity index (χ0v) is 10.0. The number of phenols is 1. The summed E-state index contributed by atoms with van der Waals surface area (Å²) in [6.07, 6.45) is 0. The van der Waals surface area contributed by atoms with Crippen LogP contribution in [0.2, 0.25) is 0 Å². The van der Waals surface area contributed by atoms with Crippen molar-refractivity contribution in [3.8, 4) is 5.75 Å². The number of benzene rings is 1. The maximum atomic E-state index is 11.0. The van der Waals surface area contributed by atoms with Crippen LogP contribution in [-0.4, -0.2) is 10.9 Å². The second-order valence-corrected chi connectivity index (χ2v) is 4.42. The number of Topliss-reactive ketones (excluding diaryl/α,β-unsaturated/α-hetero) is 1. The highest BCUT2D eigenvalue weighted by Crippen LogP contribution is 2.28. The Kier molecular flexibility index (Phi) is 3.11. The van der Waals surface area contributed by atoms with Crippen molar-refractivity contribution < 1.29 is 9.90 Å². The molecule has 12 heavy (non-hydrogen) atoms. The fourth-order valence-corrected chi connectivity index (χ4v) is 2.35. The summed E-state index contributed by atoms with van der Waals surface area (Å²) < 4.78 is 1.47. The number of carbonyl (C=O) groups is 1. The zero-order chi connectivity index (χ0) is 9.30. The number of ketones is 1. The van der Waals surface area contributed by atoms with E-state index in [2.05, 4.69) is 15.9 Å². The number of rotatable bonds is 1. The Morgan fingerprint density at radius 3 is 2.67 bits per heavy atom. The molecule has 0 spiro atoms. The quantitative estimate of drug-likeness (QED) is 0.630. The van der Waals surface area contributed by atoms with Crippen LogP contribution in [0.25, 0.3) is 0 Å². The number of hydrogen-bond donors (Lipinski definition) is 1. The van der Waals surface area contributed by atoms with Crippen LogP contribution >= 0.6 is 38.5 Å². The van der Waals surface area contributed by atoms with Gasteiger partial charge in [0.05, 0.1) is 9.13 Å². The first-order valence-electron chi connectivity index (χ1n) is 3.21. The first-order chi connectivity index (χ1) is 5.52. The molecule has 0 heterocycles. The molecule has 4 heteroatoms. The van der Waals surface area contributed by atoms with E-state index in [1.165, 1.54) is 6.92 Å². The fraction of sp³-hybridized carbons (Fsp3) is 0.125. The molecular formula is C8H6BrIO2. The Morgan fingerprint density at radius 2 is 2.17 bits per heavy atom. The van der Waals surface area contributed by atoms with Crippen molar-refractivity contribution in [3.05, 3.63) is 25.7 Å². The average Bonchev–Trinajstić information content (AvgIpc) is 1.96. The largest absolute Gasteiger partial charge is 0.506 e. The van der Waals surface area contributed by atoms with Crippen molar-refractivity contribution >= 4 is 44.3 Å². The monoisotopic (exact) mass is 340 g/mol. The molecule has 0 saturated heterocycles. The SMILES string of the molecule is CC(=O)c1cc(Br)cc(I)c1O. The van der Waals surface area contributed by atoms with Gasteiger partial charge in [0.25, 0.3) is 0 Å². The van der Waals surface area contributed by atoms with Gasteiger partial charge in [0.2, 0.25) is 0 Å². The van der Waals surface area contributed by atoms with E-state index in [4.69, 9.17) is 0 Å². The van der Waals surface area contributed by atoms with Gasteiger partial charge in [0.15, 0.2) is 5.78 Å². The van der Waals surface area contributed by atoms with Crippen molar-refractivity contribution in [1.82, 2.24) is 0 Å². The first-order valence-corrected chi connectivity index (χ1v) is 5.08. The van der Waals surface area contributed by atoms with Crippen LogP contribution in [-0.2, 0) is 0 Å². The summed E-state index contributed by atoms with van der Waals surface area (Å²) in [5.41, 5.74) is 0.355. The van der Waals surface area contributed by atoms with Crippen molar-refractivity contribution in [1.29, 1.82) is 0 Å². The highest BCUT2D eigenvalue weighted by molar-refractivity contribution is 14.1. The topological polar surface area (TPSA) is 37.3 Å². The molecule has 0 unspecified atom stereocenters. The van der Waals surface area contributed by atoms with Crippen LogP contribution in [0.5, 0.6) is 5.75 Å². The van der Waals surface area contributed by atoms with E-state index >= 15 is 0 Å². The van der Waals surface area contributed by atoms with Gasteiger partial charge in [0.1, 0.15) is 5.75 Å². The molecule has 0 atom stereocenters. The van der Waals surface area contributed by atoms with Crippen molar-refractivity contribution in [2.24, 2.45) is 0 Å². The first kappa shape index (κ1) is 9.98. The Hall–Kier alpha value is -0.100. The lowest BCUT2D eigenvalue weighted by atomic mass is 10.1. The number of phenolic OH excluding ortho intramolecular Hbond substituents is 1. The highest BCUT2D eigenvalue weighted by Gasteiger charge is 2.10. The lowest BCUT2D eigenvalue weighted by molar-refractivity contribution is 0.101. The molecule has 0 bridgehead atoms. The van der Waals surface area contributed by atoms with E-state index in [9.17, 15) is 9.90 Å². The van der Waals surface area contributed by atoms with Crippen molar-refractivity contribution in [3.63, 3.8) is 0 Å². The molecule has 0 radical (unpaired) electrons. The lowest BCUT2D eigenvalue weighted by Gasteiger charge is -2.03. The van der Waals surface area contributed by atoms with Gasteiger partial charge >= 0.3 is 0 Å². The molecular weight excluding hydrogens is 335 g/mol.